The molecule has 0 amide bonds. The fourth-order valence-corrected chi connectivity index (χ4v) is 3.97. The molecule has 1 aliphatic heterocycles. The molecular weight excluding hydrogens is 436 g/mol. The monoisotopic (exact) mass is 463 g/mol. The Morgan fingerprint density at radius 1 is 1.06 bits per heavy atom. The lowest BCUT2D eigenvalue weighted by molar-refractivity contribution is 0.282. The topological polar surface area (TPSA) is 58.0 Å². The van der Waals surface area contributed by atoms with Crippen molar-refractivity contribution >= 4 is 11.9 Å². The van der Waals surface area contributed by atoms with Gasteiger partial charge in [0.05, 0.1) is 32.2 Å². The lowest BCUT2D eigenvalue weighted by atomic mass is 9.84. The number of benzene rings is 2. The van der Waals surface area contributed by atoms with E-state index in [1.807, 2.05) is 26.8 Å². The number of aliphatic hydroxyl groups is 1. The number of methoxy groups -OCH3 is 1. The standard InChI is InChI=1S/C27H27F2N3O2/c1-16-26-18(9-21(11-24(26)29)27(2,3)4)13-31-32(16)14-19-8-20(15-33)22(12-23(19)28)17-6-7-30-25(10-17)34-5/h6-13,33H,1,14-15H2,2-5H3. The van der Waals surface area contributed by atoms with E-state index in [0.717, 1.165) is 5.56 Å². The van der Waals surface area contributed by atoms with Gasteiger partial charge in [0.1, 0.15) is 11.6 Å². The van der Waals surface area contributed by atoms with Crippen LogP contribution >= 0.6 is 0 Å². The molecule has 0 unspecified atom stereocenters. The predicted molar refractivity (Wildman–Crippen MR) is 129 cm³/mol. The highest BCUT2D eigenvalue weighted by Crippen LogP contribution is 2.35. The van der Waals surface area contributed by atoms with Gasteiger partial charge in [0.2, 0.25) is 5.88 Å². The third kappa shape index (κ3) is 4.43. The van der Waals surface area contributed by atoms with Gasteiger partial charge in [-0.2, -0.15) is 5.10 Å². The smallest absolute Gasteiger partial charge is 0.213 e. The third-order valence-corrected chi connectivity index (χ3v) is 5.94. The summed E-state index contributed by atoms with van der Waals surface area (Å²) in [7, 11) is 1.50. The molecule has 2 heterocycles. The molecule has 7 heteroatoms. The quantitative estimate of drug-likeness (QED) is 0.532. The van der Waals surface area contributed by atoms with Gasteiger partial charge in [-0.25, -0.2) is 13.8 Å². The summed E-state index contributed by atoms with van der Waals surface area (Å²) in [5.74, 6) is -0.470. The highest BCUT2D eigenvalue weighted by molar-refractivity contribution is 5.91. The maximum Gasteiger partial charge on any atom is 0.213 e. The van der Waals surface area contributed by atoms with Crippen LogP contribution in [0.15, 0.2) is 54.3 Å². The molecule has 0 atom stereocenters. The molecule has 176 valence electrons. The molecule has 2 aromatic carbocycles. The Morgan fingerprint density at radius 2 is 1.82 bits per heavy atom. The maximum atomic E-state index is 15.2. The number of hydrogen-bond donors (Lipinski definition) is 1. The number of pyridine rings is 1. The van der Waals surface area contributed by atoms with E-state index < -0.39 is 5.82 Å². The van der Waals surface area contributed by atoms with E-state index in [-0.39, 0.29) is 24.4 Å². The van der Waals surface area contributed by atoms with Crippen molar-refractivity contribution in [1.29, 1.82) is 0 Å². The summed E-state index contributed by atoms with van der Waals surface area (Å²) in [6.45, 7) is 9.82. The molecule has 0 aliphatic carbocycles. The summed E-state index contributed by atoms with van der Waals surface area (Å²) in [6.07, 6.45) is 3.13. The summed E-state index contributed by atoms with van der Waals surface area (Å²) in [6, 6.07) is 9.79. The Kier molecular flexibility index (Phi) is 6.23. The second-order valence-corrected chi connectivity index (χ2v) is 9.27. The van der Waals surface area contributed by atoms with E-state index in [0.29, 0.717) is 45.0 Å². The predicted octanol–water partition coefficient (Wildman–Crippen LogP) is 5.65. The zero-order valence-electron chi connectivity index (χ0n) is 19.7. The Bertz CT molecular complexity index is 1300. The van der Waals surface area contributed by atoms with E-state index in [4.69, 9.17) is 4.74 Å². The molecule has 0 saturated carbocycles. The minimum absolute atomic E-state index is 0.0357. The van der Waals surface area contributed by atoms with Crippen molar-refractivity contribution in [2.24, 2.45) is 5.10 Å². The van der Waals surface area contributed by atoms with Crippen LogP contribution in [-0.2, 0) is 18.6 Å². The van der Waals surface area contributed by atoms with Crippen molar-refractivity contribution in [3.8, 4) is 17.0 Å². The third-order valence-electron chi connectivity index (χ3n) is 5.94. The van der Waals surface area contributed by atoms with Gasteiger partial charge in [0.25, 0.3) is 0 Å². The number of rotatable bonds is 5. The van der Waals surface area contributed by atoms with Crippen LogP contribution in [0.5, 0.6) is 5.88 Å². The van der Waals surface area contributed by atoms with Crippen LogP contribution < -0.4 is 4.74 Å². The molecule has 0 bridgehead atoms. The molecule has 1 aliphatic rings. The van der Waals surface area contributed by atoms with Gasteiger partial charge < -0.3 is 9.84 Å². The van der Waals surface area contributed by atoms with Gasteiger partial charge in [-0.3, -0.25) is 5.01 Å². The highest BCUT2D eigenvalue weighted by Gasteiger charge is 2.25. The fourth-order valence-electron chi connectivity index (χ4n) is 3.97. The lowest BCUT2D eigenvalue weighted by Gasteiger charge is -2.29. The van der Waals surface area contributed by atoms with Gasteiger partial charge in [0.15, 0.2) is 0 Å². The number of aromatic nitrogens is 1. The number of ether oxygens (including phenoxy) is 1. The molecule has 0 spiro atoms. The molecule has 5 nitrogen and oxygen atoms in total. The van der Waals surface area contributed by atoms with Crippen LogP contribution in [0.2, 0.25) is 0 Å². The average Bonchev–Trinajstić information content (AvgIpc) is 2.80. The van der Waals surface area contributed by atoms with E-state index >= 15 is 8.78 Å². The molecule has 1 N–H and O–H groups in total. The zero-order valence-corrected chi connectivity index (χ0v) is 19.7. The van der Waals surface area contributed by atoms with Gasteiger partial charge in [0, 0.05) is 29.0 Å². The van der Waals surface area contributed by atoms with E-state index in [1.54, 1.807) is 30.6 Å². The Hall–Kier alpha value is -3.58. The Balaban J connectivity index is 1.66. The minimum atomic E-state index is -0.472. The normalized spacial score (nSPS) is 13.3. The van der Waals surface area contributed by atoms with Gasteiger partial charge in [-0.05, 0) is 58.0 Å². The number of halogens is 2. The minimum Gasteiger partial charge on any atom is -0.481 e. The molecule has 4 rings (SSSR count). The number of fused-ring (bicyclic) bond motifs is 1. The van der Waals surface area contributed by atoms with Gasteiger partial charge >= 0.3 is 0 Å². The van der Waals surface area contributed by atoms with Crippen LogP contribution in [0, 0.1) is 11.6 Å². The van der Waals surface area contributed by atoms with Gasteiger partial charge in [-0.15, -0.1) is 0 Å². The number of nitrogens with zero attached hydrogens (tertiary/aromatic N) is 3. The molecule has 0 saturated heterocycles. The van der Waals surface area contributed by atoms with Crippen LogP contribution in [0.3, 0.4) is 0 Å². The van der Waals surface area contributed by atoms with Crippen LogP contribution in [-0.4, -0.2) is 28.4 Å². The van der Waals surface area contributed by atoms with Crippen LogP contribution in [0.4, 0.5) is 8.78 Å². The van der Waals surface area contributed by atoms with Crippen molar-refractivity contribution in [3.05, 3.63) is 88.6 Å². The van der Waals surface area contributed by atoms with Crippen LogP contribution in [0.1, 0.15) is 48.6 Å². The molecule has 0 radical (unpaired) electrons. The summed E-state index contributed by atoms with van der Waals surface area (Å²) >= 11 is 0. The summed E-state index contributed by atoms with van der Waals surface area (Å²) < 4.78 is 35.4. The van der Waals surface area contributed by atoms with E-state index in [1.165, 1.54) is 24.3 Å². The lowest BCUT2D eigenvalue weighted by Crippen LogP contribution is -2.23. The average molecular weight is 464 g/mol. The molecule has 3 aromatic rings. The summed E-state index contributed by atoms with van der Waals surface area (Å²) in [5, 5.41) is 15.8. The number of aliphatic hydroxyl groups excluding tert-OH is 1. The van der Waals surface area contributed by atoms with Crippen LogP contribution in [0.25, 0.3) is 16.8 Å². The highest BCUT2D eigenvalue weighted by atomic mass is 19.1. The number of hydrogen-bond acceptors (Lipinski definition) is 5. The second kappa shape index (κ2) is 8.99. The Labute approximate surface area is 198 Å². The maximum absolute atomic E-state index is 15.2. The van der Waals surface area contributed by atoms with Crippen molar-refractivity contribution in [1.82, 2.24) is 9.99 Å². The van der Waals surface area contributed by atoms with E-state index in [2.05, 4.69) is 16.7 Å². The molecular formula is C27H27F2N3O2. The molecule has 1 aromatic heterocycles. The Morgan fingerprint density at radius 3 is 2.50 bits per heavy atom. The first-order chi connectivity index (χ1) is 16.1. The summed E-state index contributed by atoms with van der Waals surface area (Å²) in [5.41, 5.74) is 4.05. The van der Waals surface area contributed by atoms with Crippen molar-refractivity contribution in [2.75, 3.05) is 7.11 Å². The molecule has 0 fully saturated rings. The van der Waals surface area contributed by atoms with E-state index in [9.17, 15) is 5.11 Å². The van der Waals surface area contributed by atoms with Crippen molar-refractivity contribution in [2.45, 2.75) is 39.3 Å². The van der Waals surface area contributed by atoms with Gasteiger partial charge in [-0.1, -0.05) is 27.4 Å². The second-order valence-electron chi connectivity index (χ2n) is 9.27. The van der Waals surface area contributed by atoms with Crippen molar-refractivity contribution in [3.63, 3.8) is 0 Å². The first kappa shape index (κ1) is 23.6. The fraction of sp³-hybridized carbons (Fsp3) is 0.259. The summed E-state index contributed by atoms with van der Waals surface area (Å²) in [4.78, 5) is 4.07. The largest absolute Gasteiger partial charge is 0.481 e. The SMILES string of the molecule is C=C1c2c(F)cc(C(C)(C)C)cc2C=NN1Cc1cc(CO)c(-c2ccnc(OC)c2)cc1F. The molecule has 34 heavy (non-hydrogen) atoms. The first-order valence-corrected chi connectivity index (χ1v) is 10.9. The number of hydrazone groups is 1. The van der Waals surface area contributed by atoms with Crippen molar-refractivity contribution < 1.29 is 18.6 Å². The first-order valence-electron chi connectivity index (χ1n) is 10.9. The zero-order chi connectivity index (χ0) is 24.6.